The zero-order valence-corrected chi connectivity index (χ0v) is 11.3. The summed E-state index contributed by atoms with van der Waals surface area (Å²) in [6, 6.07) is 0.436. The van der Waals surface area contributed by atoms with Gasteiger partial charge in [-0.25, -0.2) is 4.79 Å². The van der Waals surface area contributed by atoms with Crippen LogP contribution >= 0.6 is 0 Å². The highest BCUT2D eigenvalue weighted by Crippen LogP contribution is 2.17. The fraction of sp³-hybridized carbons (Fsp3) is 0.833. The molecule has 104 valence electrons. The highest BCUT2D eigenvalue weighted by atomic mass is 16.4. The van der Waals surface area contributed by atoms with E-state index >= 15 is 0 Å². The Kier molecular flexibility index (Phi) is 5.40. The lowest BCUT2D eigenvalue weighted by atomic mass is 10.0. The number of amides is 2. The molecule has 0 aromatic carbocycles. The van der Waals surface area contributed by atoms with E-state index in [9.17, 15) is 9.59 Å². The summed E-state index contributed by atoms with van der Waals surface area (Å²) < 4.78 is 0. The third kappa shape index (κ3) is 4.18. The zero-order valence-electron chi connectivity index (χ0n) is 11.3. The number of carboxylic acid groups (broad SMARTS) is 1. The molecule has 0 aromatic heterocycles. The standard InChI is InChI=1S/C12H23N3O3/c1-9(2)15-6-4-10(5-7-15)14(3)12(18)13-8-11(16)17/h9-10H,4-8H2,1-3H3,(H,13,18)(H,16,17). The number of carboxylic acids is 1. The highest BCUT2D eigenvalue weighted by molar-refractivity contribution is 5.79. The van der Waals surface area contributed by atoms with Crippen molar-refractivity contribution in [1.29, 1.82) is 0 Å². The van der Waals surface area contributed by atoms with Crippen LogP contribution in [0.5, 0.6) is 0 Å². The van der Waals surface area contributed by atoms with Crippen molar-refractivity contribution in [2.24, 2.45) is 0 Å². The topological polar surface area (TPSA) is 72.9 Å². The molecule has 0 aromatic rings. The molecule has 0 bridgehead atoms. The molecule has 1 aliphatic heterocycles. The van der Waals surface area contributed by atoms with Gasteiger partial charge in [0.1, 0.15) is 6.54 Å². The van der Waals surface area contributed by atoms with Crippen LogP contribution in [0.15, 0.2) is 0 Å². The molecule has 6 nitrogen and oxygen atoms in total. The Labute approximate surface area is 108 Å². The highest BCUT2D eigenvalue weighted by Gasteiger charge is 2.26. The van der Waals surface area contributed by atoms with Crippen molar-refractivity contribution in [2.75, 3.05) is 26.7 Å². The second-order valence-corrected chi connectivity index (χ2v) is 5.02. The van der Waals surface area contributed by atoms with Gasteiger partial charge in [-0.15, -0.1) is 0 Å². The molecular formula is C12H23N3O3. The summed E-state index contributed by atoms with van der Waals surface area (Å²) in [5.74, 6) is -1.02. The molecule has 1 aliphatic rings. The van der Waals surface area contributed by atoms with Crippen LogP contribution in [-0.2, 0) is 4.79 Å². The third-order valence-electron chi connectivity index (χ3n) is 3.49. The van der Waals surface area contributed by atoms with Crippen molar-refractivity contribution in [1.82, 2.24) is 15.1 Å². The van der Waals surface area contributed by atoms with Crippen LogP contribution in [0.4, 0.5) is 4.79 Å². The number of nitrogens with zero attached hydrogens (tertiary/aromatic N) is 2. The zero-order chi connectivity index (χ0) is 13.7. The van der Waals surface area contributed by atoms with Gasteiger partial charge in [-0.1, -0.05) is 0 Å². The number of nitrogens with one attached hydrogen (secondary N) is 1. The van der Waals surface area contributed by atoms with Gasteiger partial charge in [0.15, 0.2) is 0 Å². The van der Waals surface area contributed by atoms with Gasteiger partial charge < -0.3 is 20.2 Å². The Morgan fingerprint density at radius 2 is 1.94 bits per heavy atom. The van der Waals surface area contributed by atoms with E-state index in [1.165, 1.54) is 0 Å². The molecule has 0 unspecified atom stereocenters. The molecule has 6 heteroatoms. The minimum atomic E-state index is -1.02. The number of urea groups is 1. The average molecular weight is 257 g/mol. The van der Waals surface area contributed by atoms with Crippen LogP contribution in [-0.4, -0.2) is 65.7 Å². The monoisotopic (exact) mass is 257 g/mol. The molecule has 0 spiro atoms. The Morgan fingerprint density at radius 3 is 2.39 bits per heavy atom. The van der Waals surface area contributed by atoms with Crippen LogP contribution in [0.1, 0.15) is 26.7 Å². The van der Waals surface area contributed by atoms with Crippen molar-refractivity contribution in [3.05, 3.63) is 0 Å². The van der Waals surface area contributed by atoms with E-state index in [1.54, 1.807) is 11.9 Å². The first-order valence-corrected chi connectivity index (χ1v) is 6.38. The normalized spacial score (nSPS) is 17.8. The van der Waals surface area contributed by atoms with E-state index in [0.717, 1.165) is 25.9 Å². The van der Waals surface area contributed by atoms with E-state index in [1.807, 2.05) is 0 Å². The van der Waals surface area contributed by atoms with Crippen molar-refractivity contribution in [3.63, 3.8) is 0 Å². The minimum absolute atomic E-state index is 0.203. The number of carbonyl (C=O) groups excluding carboxylic acids is 1. The summed E-state index contributed by atoms with van der Waals surface area (Å²) in [4.78, 5) is 26.1. The lowest BCUT2D eigenvalue weighted by Crippen LogP contribution is -2.50. The first kappa shape index (κ1) is 14.8. The predicted molar refractivity (Wildman–Crippen MR) is 68.5 cm³/mol. The SMILES string of the molecule is CC(C)N1CCC(N(C)C(=O)NCC(=O)O)CC1. The molecule has 1 fully saturated rings. The first-order valence-electron chi connectivity index (χ1n) is 6.38. The van der Waals surface area contributed by atoms with Crippen molar-refractivity contribution in [2.45, 2.75) is 38.8 Å². The summed E-state index contributed by atoms with van der Waals surface area (Å²) in [6.45, 7) is 5.99. The van der Waals surface area contributed by atoms with Gasteiger partial charge in [0.25, 0.3) is 0 Å². The van der Waals surface area contributed by atoms with Gasteiger partial charge in [-0.2, -0.15) is 0 Å². The molecule has 0 aliphatic carbocycles. The van der Waals surface area contributed by atoms with Crippen molar-refractivity contribution in [3.8, 4) is 0 Å². The molecule has 18 heavy (non-hydrogen) atoms. The number of rotatable bonds is 4. The van der Waals surface area contributed by atoms with Crippen LogP contribution in [0.2, 0.25) is 0 Å². The molecule has 1 rings (SSSR count). The quantitative estimate of drug-likeness (QED) is 0.773. The van der Waals surface area contributed by atoms with E-state index < -0.39 is 5.97 Å². The van der Waals surface area contributed by atoms with E-state index in [0.29, 0.717) is 6.04 Å². The lowest BCUT2D eigenvalue weighted by molar-refractivity contribution is -0.135. The molecule has 2 amide bonds. The van der Waals surface area contributed by atoms with Gasteiger partial charge in [0.2, 0.25) is 0 Å². The minimum Gasteiger partial charge on any atom is -0.480 e. The molecule has 0 radical (unpaired) electrons. The maximum absolute atomic E-state index is 11.7. The molecule has 0 atom stereocenters. The Morgan fingerprint density at radius 1 is 1.39 bits per heavy atom. The van der Waals surface area contributed by atoms with Gasteiger partial charge in [-0.05, 0) is 26.7 Å². The maximum atomic E-state index is 11.7. The van der Waals surface area contributed by atoms with Crippen LogP contribution < -0.4 is 5.32 Å². The summed E-state index contributed by atoms with van der Waals surface area (Å²) in [7, 11) is 1.73. The van der Waals surface area contributed by atoms with Gasteiger partial charge in [0.05, 0.1) is 0 Å². The fourth-order valence-corrected chi connectivity index (χ4v) is 2.23. The first-order chi connectivity index (χ1) is 8.41. The maximum Gasteiger partial charge on any atom is 0.323 e. The van der Waals surface area contributed by atoms with Gasteiger partial charge >= 0.3 is 12.0 Å². The van der Waals surface area contributed by atoms with E-state index in [-0.39, 0.29) is 18.6 Å². The number of carbonyl (C=O) groups is 2. The predicted octanol–water partition coefficient (Wildman–Crippen LogP) is 0.585. The summed E-state index contributed by atoms with van der Waals surface area (Å²) in [5, 5.41) is 10.9. The van der Waals surface area contributed by atoms with Crippen LogP contribution in [0.25, 0.3) is 0 Å². The number of piperidine rings is 1. The van der Waals surface area contributed by atoms with E-state index in [4.69, 9.17) is 5.11 Å². The van der Waals surface area contributed by atoms with Crippen LogP contribution in [0.3, 0.4) is 0 Å². The molecule has 1 saturated heterocycles. The largest absolute Gasteiger partial charge is 0.480 e. The Balaban J connectivity index is 2.37. The van der Waals surface area contributed by atoms with Gasteiger partial charge in [0, 0.05) is 32.2 Å². The number of likely N-dealkylation sites (tertiary alicyclic amines) is 1. The lowest BCUT2D eigenvalue weighted by Gasteiger charge is -2.38. The number of aliphatic carboxylic acids is 1. The summed E-state index contributed by atoms with van der Waals surface area (Å²) in [6.07, 6.45) is 1.88. The van der Waals surface area contributed by atoms with E-state index in [2.05, 4.69) is 24.1 Å². The molecule has 2 N–H and O–H groups in total. The second-order valence-electron chi connectivity index (χ2n) is 5.02. The molecule has 0 saturated carbocycles. The smallest absolute Gasteiger partial charge is 0.323 e. The molecule has 1 heterocycles. The number of hydrogen-bond donors (Lipinski definition) is 2. The van der Waals surface area contributed by atoms with Gasteiger partial charge in [-0.3, -0.25) is 4.79 Å². The Bertz CT molecular complexity index is 299. The average Bonchev–Trinajstić information content (AvgIpc) is 2.35. The number of hydrogen-bond acceptors (Lipinski definition) is 3. The molecular weight excluding hydrogens is 234 g/mol. The Hall–Kier alpha value is -1.30. The summed E-state index contributed by atoms with van der Waals surface area (Å²) in [5.41, 5.74) is 0. The summed E-state index contributed by atoms with van der Waals surface area (Å²) >= 11 is 0. The van der Waals surface area contributed by atoms with Crippen LogP contribution in [0, 0.1) is 0 Å². The fourth-order valence-electron chi connectivity index (χ4n) is 2.23. The van der Waals surface area contributed by atoms with Crippen molar-refractivity contribution >= 4 is 12.0 Å². The third-order valence-corrected chi connectivity index (χ3v) is 3.49. The second kappa shape index (κ2) is 6.58. The van der Waals surface area contributed by atoms with Crippen molar-refractivity contribution < 1.29 is 14.7 Å².